The molecule has 0 saturated carbocycles. The van der Waals surface area contributed by atoms with Crippen molar-refractivity contribution in [1.29, 1.82) is 0 Å². The minimum absolute atomic E-state index is 0.0210. The van der Waals surface area contributed by atoms with E-state index in [4.69, 9.17) is 0 Å². The van der Waals surface area contributed by atoms with Gasteiger partial charge in [-0.2, -0.15) is 0 Å². The van der Waals surface area contributed by atoms with E-state index in [2.05, 4.69) is 17.1 Å². The summed E-state index contributed by atoms with van der Waals surface area (Å²) in [5.41, 5.74) is 0. The van der Waals surface area contributed by atoms with Crippen LogP contribution in [0.25, 0.3) is 0 Å². The maximum Gasteiger partial charge on any atom is 0.217 e. The zero-order valence-corrected chi connectivity index (χ0v) is 10.6. The Bertz CT molecular complexity index is 231. The summed E-state index contributed by atoms with van der Waals surface area (Å²) < 4.78 is 0. The van der Waals surface area contributed by atoms with E-state index in [-0.39, 0.29) is 24.0 Å². The molecule has 16 heavy (non-hydrogen) atoms. The summed E-state index contributed by atoms with van der Waals surface area (Å²) in [4.78, 5) is 13.4. The van der Waals surface area contributed by atoms with Gasteiger partial charge in [-0.25, -0.2) is 0 Å². The van der Waals surface area contributed by atoms with Gasteiger partial charge in [-0.15, -0.1) is 0 Å². The standard InChI is InChI=1S/C12H24N2O2/c1-4-5-14-7-11(9(2)15)6-12(8-14)13-10(3)16/h9,11-12,15H,4-8H2,1-3H3,(H,13,16). The average molecular weight is 228 g/mol. The smallest absolute Gasteiger partial charge is 0.217 e. The van der Waals surface area contributed by atoms with Crippen molar-refractivity contribution in [3.63, 3.8) is 0 Å². The average Bonchev–Trinajstić information content (AvgIpc) is 2.16. The van der Waals surface area contributed by atoms with E-state index in [1.807, 2.05) is 6.92 Å². The summed E-state index contributed by atoms with van der Waals surface area (Å²) in [6.45, 7) is 8.44. The van der Waals surface area contributed by atoms with Crippen molar-refractivity contribution in [3.8, 4) is 0 Å². The van der Waals surface area contributed by atoms with Crippen molar-refractivity contribution in [1.82, 2.24) is 10.2 Å². The Morgan fingerprint density at radius 3 is 2.75 bits per heavy atom. The van der Waals surface area contributed by atoms with Gasteiger partial charge in [-0.3, -0.25) is 4.79 Å². The summed E-state index contributed by atoms with van der Waals surface area (Å²) in [5.74, 6) is 0.296. The molecule has 0 radical (unpaired) electrons. The summed E-state index contributed by atoms with van der Waals surface area (Å²) in [6, 6.07) is 0.192. The summed E-state index contributed by atoms with van der Waals surface area (Å²) >= 11 is 0. The Balaban J connectivity index is 2.55. The number of aliphatic hydroxyl groups excluding tert-OH is 1. The predicted octanol–water partition coefficient (Wildman–Crippen LogP) is 0.604. The monoisotopic (exact) mass is 228 g/mol. The Hall–Kier alpha value is -0.610. The lowest BCUT2D eigenvalue weighted by atomic mass is 9.90. The number of hydrogen-bond acceptors (Lipinski definition) is 3. The van der Waals surface area contributed by atoms with Crippen LogP contribution in [0.1, 0.15) is 33.6 Å². The molecule has 0 aromatic rings. The summed E-state index contributed by atoms with van der Waals surface area (Å²) in [7, 11) is 0. The van der Waals surface area contributed by atoms with Gasteiger partial charge in [-0.1, -0.05) is 6.92 Å². The lowest BCUT2D eigenvalue weighted by molar-refractivity contribution is -0.120. The fourth-order valence-corrected chi connectivity index (χ4v) is 2.47. The maximum absolute atomic E-state index is 11.1. The molecular weight excluding hydrogens is 204 g/mol. The van der Waals surface area contributed by atoms with Gasteiger partial charge in [0, 0.05) is 26.1 Å². The number of amides is 1. The van der Waals surface area contributed by atoms with E-state index in [1.54, 1.807) is 6.92 Å². The number of nitrogens with zero attached hydrogens (tertiary/aromatic N) is 1. The van der Waals surface area contributed by atoms with Crippen LogP contribution in [-0.4, -0.2) is 47.7 Å². The molecule has 4 heteroatoms. The first kappa shape index (κ1) is 13.5. The second-order valence-corrected chi connectivity index (χ2v) is 4.89. The van der Waals surface area contributed by atoms with Crippen molar-refractivity contribution < 1.29 is 9.90 Å². The maximum atomic E-state index is 11.1. The molecule has 3 atom stereocenters. The van der Waals surface area contributed by atoms with E-state index in [0.717, 1.165) is 32.5 Å². The lowest BCUT2D eigenvalue weighted by Gasteiger charge is -2.39. The largest absolute Gasteiger partial charge is 0.393 e. The molecule has 1 rings (SSSR count). The molecule has 4 nitrogen and oxygen atoms in total. The van der Waals surface area contributed by atoms with Gasteiger partial charge in [0.2, 0.25) is 5.91 Å². The van der Waals surface area contributed by atoms with Crippen LogP contribution in [0, 0.1) is 5.92 Å². The first-order valence-corrected chi connectivity index (χ1v) is 6.20. The molecule has 0 bridgehead atoms. The van der Waals surface area contributed by atoms with Crippen molar-refractivity contribution in [3.05, 3.63) is 0 Å². The molecule has 1 aliphatic heterocycles. The number of aliphatic hydroxyl groups is 1. The molecule has 0 aromatic heterocycles. The number of carbonyl (C=O) groups is 1. The molecule has 0 aliphatic carbocycles. The Morgan fingerprint density at radius 2 is 2.25 bits per heavy atom. The molecular formula is C12H24N2O2. The highest BCUT2D eigenvalue weighted by Gasteiger charge is 2.29. The van der Waals surface area contributed by atoms with Gasteiger partial charge in [-0.05, 0) is 32.2 Å². The zero-order chi connectivity index (χ0) is 12.1. The highest BCUT2D eigenvalue weighted by Crippen LogP contribution is 2.20. The second kappa shape index (κ2) is 6.21. The molecule has 1 amide bonds. The Morgan fingerprint density at radius 1 is 1.56 bits per heavy atom. The van der Waals surface area contributed by atoms with E-state index in [9.17, 15) is 9.90 Å². The van der Waals surface area contributed by atoms with Crippen LogP contribution < -0.4 is 5.32 Å². The van der Waals surface area contributed by atoms with Crippen LogP contribution in [-0.2, 0) is 4.79 Å². The second-order valence-electron chi connectivity index (χ2n) is 4.89. The molecule has 1 saturated heterocycles. The fraction of sp³-hybridized carbons (Fsp3) is 0.917. The molecule has 3 unspecified atom stereocenters. The fourth-order valence-electron chi connectivity index (χ4n) is 2.47. The first-order valence-electron chi connectivity index (χ1n) is 6.20. The van der Waals surface area contributed by atoms with Gasteiger partial charge in [0.25, 0.3) is 0 Å². The number of piperidine rings is 1. The summed E-state index contributed by atoms with van der Waals surface area (Å²) in [6.07, 6.45) is 1.70. The van der Waals surface area contributed by atoms with E-state index >= 15 is 0 Å². The normalized spacial score (nSPS) is 28.8. The molecule has 1 heterocycles. The van der Waals surface area contributed by atoms with Crippen LogP contribution in [0.3, 0.4) is 0 Å². The lowest BCUT2D eigenvalue weighted by Crippen LogP contribution is -2.52. The Labute approximate surface area is 98.0 Å². The number of hydrogen-bond donors (Lipinski definition) is 2. The van der Waals surface area contributed by atoms with Gasteiger partial charge in [0.1, 0.15) is 0 Å². The van der Waals surface area contributed by atoms with Gasteiger partial charge < -0.3 is 15.3 Å². The third kappa shape index (κ3) is 4.10. The van der Waals surface area contributed by atoms with Crippen LogP contribution in [0.15, 0.2) is 0 Å². The molecule has 94 valence electrons. The highest BCUT2D eigenvalue weighted by molar-refractivity contribution is 5.73. The highest BCUT2D eigenvalue weighted by atomic mass is 16.3. The number of carbonyl (C=O) groups excluding carboxylic acids is 1. The molecule has 0 spiro atoms. The van der Waals surface area contributed by atoms with Crippen molar-refractivity contribution in [2.24, 2.45) is 5.92 Å². The van der Waals surface area contributed by atoms with E-state index < -0.39 is 0 Å². The molecule has 2 N–H and O–H groups in total. The summed E-state index contributed by atoms with van der Waals surface area (Å²) in [5, 5.41) is 12.6. The van der Waals surface area contributed by atoms with Crippen LogP contribution >= 0.6 is 0 Å². The Kier molecular flexibility index (Phi) is 5.22. The quantitative estimate of drug-likeness (QED) is 0.741. The third-order valence-corrected chi connectivity index (χ3v) is 3.19. The van der Waals surface area contributed by atoms with Gasteiger partial charge in [0.15, 0.2) is 0 Å². The number of nitrogens with one attached hydrogen (secondary N) is 1. The predicted molar refractivity (Wildman–Crippen MR) is 64.1 cm³/mol. The van der Waals surface area contributed by atoms with Gasteiger partial charge in [0.05, 0.1) is 6.10 Å². The van der Waals surface area contributed by atoms with Gasteiger partial charge >= 0.3 is 0 Å². The van der Waals surface area contributed by atoms with Crippen molar-refractivity contribution in [2.45, 2.75) is 45.8 Å². The minimum atomic E-state index is -0.295. The van der Waals surface area contributed by atoms with E-state index in [1.165, 1.54) is 0 Å². The first-order chi connectivity index (χ1) is 7.52. The number of rotatable bonds is 4. The molecule has 0 aromatic carbocycles. The van der Waals surface area contributed by atoms with E-state index in [0.29, 0.717) is 0 Å². The zero-order valence-electron chi connectivity index (χ0n) is 10.6. The van der Waals surface area contributed by atoms with Crippen molar-refractivity contribution >= 4 is 5.91 Å². The number of likely N-dealkylation sites (tertiary alicyclic amines) is 1. The molecule has 1 fully saturated rings. The minimum Gasteiger partial charge on any atom is -0.393 e. The van der Waals surface area contributed by atoms with Crippen LogP contribution in [0.2, 0.25) is 0 Å². The van der Waals surface area contributed by atoms with Crippen LogP contribution in [0.4, 0.5) is 0 Å². The van der Waals surface area contributed by atoms with Crippen LogP contribution in [0.5, 0.6) is 0 Å². The molecule has 1 aliphatic rings. The SMILES string of the molecule is CCCN1CC(NC(C)=O)CC(C(C)O)C1. The third-order valence-electron chi connectivity index (χ3n) is 3.19. The topological polar surface area (TPSA) is 52.6 Å². The van der Waals surface area contributed by atoms with Crippen molar-refractivity contribution in [2.75, 3.05) is 19.6 Å².